The predicted molar refractivity (Wildman–Crippen MR) is 102 cm³/mol. The van der Waals surface area contributed by atoms with Crippen molar-refractivity contribution in [3.8, 4) is 17.6 Å². The van der Waals surface area contributed by atoms with E-state index in [1.54, 1.807) is 19.1 Å². The molecule has 0 aliphatic heterocycles. The second-order valence-corrected chi connectivity index (χ2v) is 6.60. The number of methoxy groups -OCH3 is 2. The Morgan fingerprint density at radius 1 is 1.33 bits per heavy atom. The van der Waals surface area contributed by atoms with Gasteiger partial charge in [-0.25, -0.2) is 4.79 Å². The molecular weight excluding hydrogens is 372 g/mol. The Kier molecular flexibility index (Phi) is 8.13. The quantitative estimate of drug-likeness (QED) is 0.537. The smallest absolute Gasteiger partial charge is 0.331 e. The molecule has 1 aromatic carbocycles. The van der Waals surface area contributed by atoms with Crippen molar-refractivity contribution in [3.63, 3.8) is 0 Å². The summed E-state index contributed by atoms with van der Waals surface area (Å²) >= 11 is 6.10. The molecule has 0 bridgehead atoms. The molecule has 0 heterocycles. The number of rotatable bonds is 8. The average molecular weight is 395 g/mol. The second kappa shape index (κ2) is 9.83. The van der Waals surface area contributed by atoms with Crippen molar-refractivity contribution in [2.45, 2.75) is 26.3 Å². The molecule has 0 aromatic heterocycles. The van der Waals surface area contributed by atoms with Crippen LogP contribution in [0.25, 0.3) is 6.08 Å². The first-order valence-electron chi connectivity index (χ1n) is 8.15. The lowest BCUT2D eigenvalue weighted by molar-refractivity contribution is -0.144. The summed E-state index contributed by atoms with van der Waals surface area (Å²) in [6.07, 6.45) is 2.64. The molecule has 0 unspecified atom stereocenters. The van der Waals surface area contributed by atoms with Crippen LogP contribution in [0.4, 0.5) is 0 Å². The first kappa shape index (κ1) is 22.3. The van der Waals surface area contributed by atoms with E-state index in [9.17, 15) is 14.9 Å². The van der Waals surface area contributed by atoms with Crippen molar-refractivity contribution in [2.75, 3.05) is 20.8 Å². The Bertz CT molecular complexity index is 770. The Morgan fingerprint density at radius 3 is 2.52 bits per heavy atom. The highest BCUT2D eigenvalue weighted by Crippen LogP contribution is 2.36. The number of amides is 1. The van der Waals surface area contributed by atoms with Gasteiger partial charge in [-0.3, -0.25) is 4.79 Å². The molecule has 146 valence electrons. The van der Waals surface area contributed by atoms with Crippen LogP contribution in [-0.4, -0.2) is 38.2 Å². The van der Waals surface area contributed by atoms with E-state index in [1.165, 1.54) is 20.3 Å². The number of nitrogens with one attached hydrogen (secondary N) is 1. The summed E-state index contributed by atoms with van der Waals surface area (Å²) in [6, 6.07) is 5.29. The first-order chi connectivity index (χ1) is 12.7. The van der Waals surface area contributed by atoms with Gasteiger partial charge < -0.3 is 19.5 Å². The van der Waals surface area contributed by atoms with Crippen molar-refractivity contribution < 1.29 is 23.8 Å². The zero-order chi connectivity index (χ0) is 20.6. The Balaban J connectivity index is 2.69. The van der Waals surface area contributed by atoms with Gasteiger partial charge in [0, 0.05) is 6.08 Å². The highest BCUT2D eigenvalue weighted by molar-refractivity contribution is 6.32. The Labute approximate surface area is 163 Å². The minimum atomic E-state index is -1.03. The van der Waals surface area contributed by atoms with Crippen LogP contribution in [-0.2, 0) is 14.3 Å². The zero-order valence-electron chi connectivity index (χ0n) is 16.0. The van der Waals surface area contributed by atoms with Gasteiger partial charge >= 0.3 is 5.97 Å². The molecule has 1 atom stereocenters. The third kappa shape index (κ3) is 6.19. The van der Waals surface area contributed by atoms with Gasteiger partial charge in [-0.2, -0.15) is 5.26 Å². The normalized spacial score (nSPS) is 13.0. The number of nitrogens with zero attached hydrogens (tertiary/aromatic N) is 1. The van der Waals surface area contributed by atoms with Crippen LogP contribution < -0.4 is 14.8 Å². The average Bonchev–Trinajstić information content (AvgIpc) is 2.63. The zero-order valence-corrected chi connectivity index (χ0v) is 16.7. The minimum Gasteiger partial charge on any atom is -0.493 e. The van der Waals surface area contributed by atoms with E-state index in [0.717, 1.165) is 6.08 Å². The van der Waals surface area contributed by atoms with Crippen molar-refractivity contribution in [3.05, 3.63) is 28.8 Å². The molecule has 1 N–H and O–H groups in total. The standard InChI is InChI=1S/C19H23ClN2O5/c1-12(2)19(3,11-21)22-16(23)10-27-17(24)7-6-13-8-14(20)18(26-5)15(9-13)25-4/h6-9,12H,10H2,1-5H3,(H,22,23)/b7-6+/t19-/m0/s1. The number of nitriles is 1. The third-order valence-electron chi connectivity index (χ3n) is 4.00. The fourth-order valence-electron chi connectivity index (χ4n) is 2.01. The number of halogens is 1. The summed E-state index contributed by atoms with van der Waals surface area (Å²) in [5.74, 6) is -0.553. The summed E-state index contributed by atoms with van der Waals surface area (Å²) in [6.45, 7) is 4.75. The fourth-order valence-corrected chi connectivity index (χ4v) is 2.31. The number of hydrogen-bond acceptors (Lipinski definition) is 6. The minimum absolute atomic E-state index is 0.100. The summed E-state index contributed by atoms with van der Waals surface area (Å²) < 4.78 is 15.2. The van der Waals surface area contributed by atoms with Crippen LogP contribution in [0.2, 0.25) is 5.02 Å². The topological polar surface area (TPSA) is 97.6 Å². The predicted octanol–water partition coefficient (Wildman–Crippen LogP) is 2.97. The Morgan fingerprint density at radius 2 is 2.00 bits per heavy atom. The van der Waals surface area contributed by atoms with E-state index < -0.39 is 24.0 Å². The number of esters is 1. The molecule has 7 nitrogen and oxygen atoms in total. The van der Waals surface area contributed by atoms with Crippen LogP contribution in [0, 0.1) is 17.2 Å². The van der Waals surface area contributed by atoms with E-state index >= 15 is 0 Å². The molecular formula is C19H23ClN2O5. The highest BCUT2D eigenvalue weighted by Gasteiger charge is 2.30. The molecule has 1 aromatic rings. The molecule has 0 aliphatic rings. The van der Waals surface area contributed by atoms with Crippen molar-refractivity contribution in [1.82, 2.24) is 5.32 Å². The van der Waals surface area contributed by atoms with E-state index in [4.69, 9.17) is 25.8 Å². The van der Waals surface area contributed by atoms with Crippen molar-refractivity contribution >= 4 is 29.6 Å². The molecule has 0 radical (unpaired) electrons. The molecule has 1 rings (SSSR count). The Hall–Kier alpha value is -2.72. The summed E-state index contributed by atoms with van der Waals surface area (Å²) in [4.78, 5) is 23.7. The monoisotopic (exact) mass is 394 g/mol. The maximum Gasteiger partial charge on any atom is 0.331 e. The molecule has 0 saturated heterocycles. The van der Waals surface area contributed by atoms with Gasteiger partial charge in [0.05, 0.1) is 25.3 Å². The third-order valence-corrected chi connectivity index (χ3v) is 4.28. The first-order valence-corrected chi connectivity index (χ1v) is 8.53. The summed E-state index contributed by atoms with van der Waals surface area (Å²) in [5, 5.41) is 12.1. The summed E-state index contributed by atoms with van der Waals surface area (Å²) in [7, 11) is 2.94. The fraction of sp³-hybridized carbons (Fsp3) is 0.421. The van der Waals surface area contributed by atoms with Crippen molar-refractivity contribution in [2.24, 2.45) is 5.92 Å². The van der Waals surface area contributed by atoms with Crippen molar-refractivity contribution in [1.29, 1.82) is 5.26 Å². The maximum absolute atomic E-state index is 11.9. The van der Waals surface area contributed by atoms with Gasteiger partial charge in [0.25, 0.3) is 5.91 Å². The molecule has 0 saturated carbocycles. The van der Waals surface area contributed by atoms with E-state index in [0.29, 0.717) is 22.1 Å². The largest absolute Gasteiger partial charge is 0.493 e. The summed E-state index contributed by atoms with van der Waals surface area (Å²) in [5.41, 5.74) is -0.439. The number of carbonyl (C=O) groups is 2. The van der Waals surface area contributed by atoms with Gasteiger partial charge in [-0.1, -0.05) is 25.4 Å². The lowest BCUT2D eigenvalue weighted by Crippen LogP contribution is -2.50. The number of hydrogen-bond donors (Lipinski definition) is 1. The molecule has 1 amide bonds. The highest BCUT2D eigenvalue weighted by atomic mass is 35.5. The van der Waals surface area contributed by atoms with E-state index in [1.807, 2.05) is 19.9 Å². The SMILES string of the molecule is COc1cc(/C=C/C(=O)OCC(=O)N[C@@](C)(C#N)C(C)C)cc(Cl)c1OC. The van der Waals surface area contributed by atoms with Crippen LogP contribution in [0.1, 0.15) is 26.3 Å². The molecule has 0 spiro atoms. The number of carbonyl (C=O) groups excluding carboxylic acids is 2. The molecule has 0 aliphatic carbocycles. The number of benzene rings is 1. The molecule has 0 fully saturated rings. The van der Waals surface area contributed by atoms with Gasteiger partial charge in [0.2, 0.25) is 0 Å². The van der Waals surface area contributed by atoms with Gasteiger partial charge in [-0.05, 0) is 36.6 Å². The number of ether oxygens (including phenoxy) is 3. The van der Waals surface area contributed by atoms with Gasteiger partial charge in [-0.15, -0.1) is 0 Å². The molecule has 27 heavy (non-hydrogen) atoms. The van der Waals surface area contributed by atoms with Gasteiger partial charge in [0.15, 0.2) is 18.1 Å². The van der Waals surface area contributed by atoms with Crippen LogP contribution in [0.15, 0.2) is 18.2 Å². The second-order valence-electron chi connectivity index (χ2n) is 6.20. The van der Waals surface area contributed by atoms with Crippen LogP contribution >= 0.6 is 11.6 Å². The lowest BCUT2D eigenvalue weighted by atomic mass is 9.90. The van der Waals surface area contributed by atoms with Gasteiger partial charge in [0.1, 0.15) is 5.54 Å². The maximum atomic E-state index is 11.9. The van der Waals surface area contributed by atoms with E-state index in [-0.39, 0.29) is 5.92 Å². The molecule has 8 heteroatoms. The van der Waals surface area contributed by atoms with E-state index in [2.05, 4.69) is 5.32 Å². The lowest BCUT2D eigenvalue weighted by Gasteiger charge is -2.27. The van der Waals surface area contributed by atoms with Crippen LogP contribution in [0.5, 0.6) is 11.5 Å². The van der Waals surface area contributed by atoms with Crippen LogP contribution in [0.3, 0.4) is 0 Å².